The zero-order chi connectivity index (χ0) is 22.5. The fourth-order valence-corrected chi connectivity index (χ4v) is 3.83. The van der Waals surface area contributed by atoms with E-state index in [9.17, 15) is 10.1 Å². The van der Waals surface area contributed by atoms with Crippen molar-refractivity contribution in [1.82, 2.24) is 4.98 Å². The first-order valence-electron chi connectivity index (χ1n) is 10.5. The van der Waals surface area contributed by atoms with Gasteiger partial charge in [0.1, 0.15) is 12.4 Å². The lowest BCUT2D eigenvalue weighted by Gasteiger charge is -2.17. The number of nitrogens with zero attached hydrogens (tertiary/aromatic N) is 2. The van der Waals surface area contributed by atoms with Gasteiger partial charge in [0.15, 0.2) is 0 Å². The van der Waals surface area contributed by atoms with Crippen LogP contribution in [-0.2, 0) is 29.0 Å². The summed E-state index contributed by atoms with van der Waals surface area (Å²) in [6.45, 7) is 2.84. The first-order chi connectivity index (χ1) is 15.6. The van der Waals surface area contributed by atoms with Gasteiger partial charge in [0.05, 0.1) is 37.5 Å². The summed E-state index contributed by atoms with van der Waals surface area (Å²) in [7, 11) is 1.38. The number of esters is 1. The van der Waals surface area contributed by atoms with E-state index >= 15 is 0 Å². The van der Waals surface area contributed by atoms with E-state index in [0.717, 1.165) is 46.4 Å². The SMILES string of the molecule is COC(=O)Cc1cc(C)c2cc1OCCCc1cc(C#N)ccc1COc1cccc-2n1. The molecule has 0 saturated carbocycles. The van der Waals surface area contributed by atoms with Gasteiger partial charge < -0.3 is 14.2 Å². The third kappa shape index (κ3) is 4.73. The molecular weight excluding hydrogens is 404 g/mol. The van der Waals surface area contributed by atoms with Gasteiger partial charge in [-0.25, -0.2) is 4.98 Å². The van der Waals surface area contributed by atoms with Crippen LogP contribution in [0.25, 0.3) is 11.3 Å². The standard InChI is InChI=1S/C26H24N2O4/c1-17-11-21(13-26(29)30-2)24-14-22(17)23-6-3-7-25(28-23)32-16-20-9-8-18(15-27)12-19(20)5-4-10-31-24/h3,6-9,11-12,14H,4-5,10,13,16H2,1-2H3. The van der Waals surface area contributed by atoms with Crippen LogP contribution in [-0.4, -0.2) is 24.7 Å². The molecule has 4 rings (SSSR count). The van der Waals surface area contributed by atoms with Crippen LogP contribution in [0.5, 0.6) is 11.6 Å². The summed E-state index contributed by atoms with van der Waals surface area (Å²) in [5.74, 6) is 0.852. The quantitative estimate of drug-likeness (QED) is 0.557. The van der Waals surface area contributed by atoms with Crippen LogP contribution in [0.1, 0.15) is 34.2 Å². The zero-order valence-corrected chi connectivity index (χ0v) is 18.2. The minimum Gasteiger partial charge on any atom is -0.493 e. The van der Waals surface area contributed by atoms with E-state index in [1.54, 1.807) is 6.07 Å². The highest BCUT2D eigenvalue weighted by Gasteiger charge is 2.16. The van der Waals surface area contributed by atoms with Crippen LogP contribution < -0.4 is 9.47 Å². The average molecular weight is 428 g/mol. The highest BCUT2D eigenvalue weighted by atomic mass is 16.5. The molecule has 162 valence electrons. The Hall–Kier alpha value is -3.85. The van der Waals surface area contributed by atoms with Crippen molar-refractivity contribution >= 4 is 5.97 Å². The third-order valence-electron chi connectivity index (χ3n) is 5.53. The monoisotopic (exact) mass is 428 g/mol. The van der Waals surface area contributed by atoms with E-state index in [1.807, 2.05) is 49.4 Å². The summed E-state index contributed by atoms with van der Waals surface area (Å²) >= 11 is 0. The van der Waals surface area contributed by atoms with Gasteiger partial charge >= 0.3 is 5.97 Å². The van der Waals surface area contributed by atoms with Gasteiger partial charge in [-0.1, -0.05) is 18.2 Å². The summed E-state index contributed by atoms with van der Waals surface area (Å²) in [5, 5.41) is 9.28. The highest BCUT2D eigenvalue weighted by molar-refractivity contribution is 5.75. The van der Waals surface area contributed by atoms with Crippen LogP contribution in [0.3, 0.4) is 0 Å². The lowest BCUT2D eigenvalue weighted by Crippen LogP contribution is -2.10. The molecule has 0 unspecified atom stereocenters. The van der Waals surface area contributed by atoms with Crippen molar-refractivity contribution in [3.05, 3.63) is 76.3 Å². The lowest BCUT2D eigenvalue weighted by atomic mass is 9.99. The van der Waals surface area contributed by atoms with Gasteiger partial charge in [-0.15, -0.1) is 0 Å². The predicted molar refractivity (Wildman–Crippen MR) is 119 cm³/mol. The Bertz CT molecular complexity index is 1200. The van der Waals surface area contributed by atoms with Crippen molar-refractivity contribution < 1.29 is 19.0 Å². The Morgan fingerprint density at radius 1 is 1.16 bits per heavy atom. The first-order valence-corrected chi connectivity index (χ1v) is 10.5. The number of pyridine rings is 1. The number of hydrogen-bond donors (Lipinski definition) is 0. The smallest absolute Gasteiger partial charge is 0.310 e. The number of aromatic nitrogens is 1. The summed E-state index contributed by atoms with van der Waals surface area (Å²) in [6, 6.07) is 17.4. The molecule has 0 N–H and O–H groups in total. The van der Waals surface area contributed by atoms with Gasteiger partial charge in [-0.3, -0.25) is 4.79 Å². The van der Waals surface area contributed by atoms with E-state index in [4.69, 9.17) is 14.2 Å². The van der Waals surface area contributed by atoms with Crippen LogP contribution >= 0.6 is 0 Å². The summed E-state index contributed by atoms with van der Waals surface area (Å²) in [5.41, 5.74) is 6.16. The molecule has 2 aromatic carbocycles. The minimum atomic E-state index is -0.317. The number of carbonyl (C=O) groups excluding carboxylic acids is 1. The number of rotatable bonds is 2. The van der Waals surface area contributed by atoms with Crippen molar-refractivity contribution in [2.75, 3.05) is 13.7 Å². The maximum Gasteiger partial charge on any atom is 0.310 e. The number of nitriles is 1. The normalized spacial score (nSPS) is 12.9. The van der Waals surface area contributed by atoms with Crippen molar-refractivity contribution in [3.8, 4) is 29.0 Å². The number of ether oxygens (including phenoxy) is 3. The fourth-order valence-electron chi connectivity index (χ4n) is 3.83. The maximum atomic E-state index is 11.9. The number of benzene rings is 2. The van der Waals surface area contributed by atoms with E-state index in [0.29, 0.717) is 30.4 Å². The Morgan fingerprint density at radius 3 is 2.84 bits per heavy atom. The average Bonchev–Trinajstić information content (AvgIpc) is 2.81. The molecule has 6 heteroatoms. The summed E-state index contributed by atoms with van der Waals surface area (Å²) in [4.78, 5) is 16.6. The summed E-state index contributed by atoms with van der Waals surface area (Å²) < 4.78 is 17.0. The number of aryl methyl sites for hydroxylation is 2. The Kier molecular flexibility index (Phi) is 6.37. The molecule has 6 nitrogen and oxygen atoms in total. The van der Waals surface area contributed by atoms with Gasteiger partial charge in [0.2, 0.25) is 5.88 Å². The molecule has 1 aliphatic heterocycles. The number of methoxy groups -OCH3 is 1. The topological polar surface area (TPSA) is 81.4 Å². The van der Waals surface area contributed by atoms with Crippen LogP contribution in [0.4, 0.5) is 0 Å². The van der Waals surface area contributed by atoms with E-state index < -0.39 is 0 Å². The zero-order valence-electron chi connectivity index (χ0n) is 18.2. The van der Waals surface area contributed by atoms with Gasteiger partial charge in [0, 0.05) is 17.2 Å². The molecule has 0 radical (unpaired) electrons. The van der Waals surface area contributed by atoms with Gasteiger partial charge in [0.25, 0.3) is 0 Å². The minimum absolute atomic E-state index is 0.137. The number of fused-ring (bicyclic) bond motifs is 6. The van der Waals surface area contributed by atoms with E-state index in [2.05, 4.69) is 11.1 Å². The van der Waals surface area contributed by atoms with Crippen molar-refractivity contribution in [2.45, 2.75) is 32.8 Å². The largest absolute Gasteiger partial charge is 0.493 e. The molecule has 4 bridgehead atoms. The molecule has 0 fully saturated rings. The molecule has 2 heterocycles. The molecule has 1 aromatic heterocycles. The van der Waals surface area contributed by atoms with Crippen LogP contribution in [0.15, 0.2) is 48.5 Å². The van der Waals surface area contributed by atoms with Crippen LogP contribution in [0, 0.1) is 18.3 Å². The fraction of sp³-hybridized carbons (Fsp3) is 0.269. The molecular formula is C26H24N2O4. The maximum absolute atomic E-state index is 11.9. The van der Waals surface area contributed by atoms with Gasteiger partial charge in [-0.05, 0) is 60.7 Å². The number of hydrogen-bond acceptors (Lipinski definition) is 6. The molecule has 3 aromatic rings. The van der Waals surface area contributed by atoms with Crippen LogP contribution in [0.2, 0.25) is 0 Å². The third-order valence-corrected chi connectivity index (χ3v) is 5.53. The molecule has 0 saturated heterocycles. The lowest BCUT2D eigenvalue weighted by molar-refractivity contribution is -0.139. The summed E-state index contributed by atoms with van der Waals surface area (Å²) in [6.07, 6.45) is 1.64. The van der Waals surface area contributed by atoms with Gasteiger partial charge in [-0.2, -0.15) is 5.26 Å². The van der Waals surface area contributed by atoms with E-state index in [-0.39, 0.29) is 12.4 Å². The Balaban J connectivity index is 1.75. The molecule has 1 aliphatic rings. The number of carbonyl (C=O) groups is 1. The van der Waals surface area contributed by atoms with Crippen molar-refractivity contribution in [2.24, 2.45) is 0 Å². The molecule has 0 aliphatic carbocycles. The second-order valence-corrected chi connectivity index (χ2v) is 7.72. The predicted octanol–water partition coefficient (Wildman–Crippen LogP) is 4.55. The molecule has 0 atom stereocenters. The van der Waals surface area contributed by atoms with Crippen molar-refractivity contribution in [3.63, 3.8) is 0 Å². The van der Waals surface area contributed by atoms with Crippen molar-refractivity contribution in [1.29, 1.82) is 5.26 Å². The Labute approximate surface area is 187 Å². The second-order valence-electron chi connectivity index (χ2n) is 7.72. The molecule has 32 heavy (non-hydrogen) atoms. The molecule has 0 amide bonds. The Morgan fingerprint density at radius 2 is 2.03 bits per heavy atom. The second kappa shape index (κ2) is 9.52. The molecule has 0 spiro atoms. The first kappa shape index (κ1) is 21.4. The highest BCUT2D eigenvalue weighted by Crippen LogP contribution is 2.32. The van der Waals surface area contributed by atoms with E-state index in [1.165, 1.54) is 7.11 Å².